The van der Waals surface area contributed by atoms with E-state index in [1.165, 1.54) is 12.1 Å². The van der Waals surface area contributed by atoms with Gasteiger partial charge in [-0.2, -0.15) is 13.2 Å². The van der Waals surface area contributed by atoms with Crippen molar-refractivity contribution in [3.8, 4) is 0 Å². The fraction of sp³-hybridized carbons (Fsp3) is 0.438. The van der Waals surface area contributed by atoms with E-state index in [-0.39, 0.29) is 0 Å². The van der Waals surface area contributed by atoms with Crippen LogP contribution in [0.4, 0.5) is 13.2 Å². The molecule has 0 bridgehead atoms. The van der Waals surface area contributed by atoms with Gasteiger partial charge in [0.05, 0.1) is 5.56 Å². The quantitative estimate of drug-likeness (QED) is 0.843. The molecule has 1 aliphatic rings. The fourth-order valence-electron chi connectivity index (χ4n) is 2.67. The van der Waals surface area contributed by atoms with Gasteiger partial charge in [0.1, 0.15) is 0 Å². The van der Waals surface area contributed by atoms with E-state index >= 15 is 0 Å². The summed E-state index contributed by atoms with van der Waals surface area (Å²) in [5.74, 6) is -0.966. The molecule has 0 spiro atoms. The summed E-state index contributed by atoms with van der Waals surface area (Å²) in [5, 5.41) is 9.33. The average molecular weight is 298 g/mol. The molecular formula is C16H17F3O2. The minimum absolute atomic E-state index is 0.342. The summed E-state index contributed by atoms with van der Waals surface area (Å²) in [7, 11) is 0. The lowest BCUT2D eigenvalue weighted by Crippen LogP contribution is -2.08. The van der Waals surface area contributed by atoms with Crippen molar-refractivity contribution in [1.29, 1.82) is 0 Å². The van der Waals surface area contributed by atoms with Crippen molar-refractivity contribution in [2.24, 2.45) is 0 Å². The van der Waals surface area contributed by atoms with Crippen LogP contribution in [0.25, 0.3) is 5.57 Å². The zero-order valence-electron chi connectivity index (χ0n) is 11.5. The Morgan fingerprint density at radius 1 is 0.952 bits per heavy atom. The van der Waals surface area contributed by atoms with Gasteiger partial charge in [-0.05, 0) is 49.0 Å². The molecule has 0 radical (unpaired) electrons. The molecule has 0 atom stereocenters. The Hall–Kier alpha value is -1.78. The molecule has 21 heavy (non-hydrogen) atoms. The van der Waals surface area contributed by atoms with E-state index in [9.17, 15) is 23.1 Å². The standard InChI is InChI=1S/C16H17F3O2/c17-16(18,19)12-9-7-11(8-10-12)13-5-3-1-2-4-6-14(13)15(20)21/h7-10H,1-6H2,(H,20,21). The third-order valence-electron chi connectivity index (χ3n) is 3.79. The topological polar surface area (TPSA) is 37.3 Å². The van der Waals surface area contributed by atoms with Crippen molar-refractivity contribution in [2.75, 3.05) is 0 Å². The first kappa shape index (κ1) is 15.6. The smallest absolute Gasteiger partial charge is 0.416 e. The molecule has 0 aliphatic heterocycles. The van der Waals surface area contributed by atoms with Crippen LogP contribution in [0.2, 0.25) is 0 Å². The van der Waals surface area contributed by atoms with E-state index in [1.54, 1.807) is 0 Å². The van der Waals surface area contributed by atoms with E-state index in [0.717, 1.165) is 37.8 Å². The lowest BCUT2D eigenvalue weighted by atomic mass is 9.89. The van der Waals surface area contributed by atoms with Gasteiger partial charge in [-0.15, -0.1) is 0 Å². The maximum absolute atomic E-state index is 12.6. The molecule has 1 aliphatic carbocycles. The number of aliphatic carboxylic acids is 1. The molecule has 1 aromatic carbocycles. The maximum atomic E-state index is 12.6. The molecule has 1 N–H and O–H groups in total. The molecule has 5 heteroatoms. The van der Waals surface area contributed by atoms with Crippen molar-refractivity contribution in [3.05, 3.63) is 41.0 Å². The highest BCUT2D eigenvalue weighted by Crippen LogP contribution is 2.33. The van der Waals surface area contributed by atoms with Gasteiger partial charge in [0, 0.05) is 5.57 Å². The number of halogens is 3. The number of hydrogen-bond donors (Lipinski definition) is 1. The normalized spacial score (nSPS) is 17.3. The van der Waals surface area contributed by atoms with Gasteiger partial charge in [0.15, 0.2) is 0 Å². The third kappa shape index (κ3) is 3.86. The largest absolute Gasteiger partial charge is 0.478 e. The summed E-state index contributed by atoms with van der Waals surface area (Å²) in [4.78, 5) is 11.4. The Bertz CT molecular complexity index is 542. The summed E-state index contributed by atoms with van der Waals surface area (Å²) in [6, 6.07) is 4.78. The van der Waals surface area contributed by atoms with E-state index in [2.05, 4.69) is 0 Å². The first-order chi connectivity index (χ1) is 9.89. The third-order valence-corrected chi connectivity index (χ3v) is 3.79. The number of carboxylic acid groups (broad SMARTS) is 1. The number of rotatable bonds is 2. The lowest BCUT2D eigenvalue weighted by Gasteiger charge is -2.17. The summed E-state index contributed by atoms with van der Waals surface area (Å²) >= 11 is 0. The Morgan fingerprint density at radius 3 is 2.05 bits per heavy atom. The molecule has 0 fully saturated rings. The van der Waals surface area contributed by atoms with Crippen LogP contribution in [-0.4, -0.2) is 11.1 Å². The van der Waals surface area contributed by atoms with Crippen LogP contribution in [0.3, 0.4) is 0 Å². The van der Waals surface area contributed by atoms with Crippen molar-refractivity contribution < 1.29 is 23.1 Å². The maximum Gasteiger partial charge on any atom is 0.416 e. The monoisotopic (exact) mass is 298 g/mol. The molecule has 0 saturated heterocycles. The van der Waals surface area contributed by atoms with Gasteiger partial charge in [-0.1, -0.05) is 25.0 Å². The van der Waals surface area contributed by atoms with E-state index in [1.807, 2.05) is 0 Å². The number of benzene rings is 1. The molecule has 0 aromatic heterocycles. The van der Waals surface area contributed by atoms with Crippen molar-refractivity contribution in [2.45, 2.75) is 44.7 Å². The Balaban J connectivity index is 2.39. The van der Waals surface area contributed by atoms with Gasteiger partial charge in [-0.3, -0.25) is 0 Å². The summed E-state index contributed by atoms with van der Waals surface area (Å²) in [5.41, 5.74) is 0.891. The predicted molar refractivity (Wildman–Crippen MR) is 73.7 cm³/mol. The molecule has 0 heterocycles. The Labute approximate surface area is 121 Å². The molecular weight excluding hydrogens is 281 g/mol. The van der Waals surface area contributed by atoms with E-state index < -0.39 is 17.7 Å². The number of carboxylic acids is 1. The summed E-state index contributed by atoms with van der Waals surface area (Å²) in [6.45, 7) is 0. The minimum Gasteiger partial charge on any atom is -0.478 e. The van der Waals surface area contributed by atoms with Gasteiger partial charge >= 0.3 is 12.1 Å². The zero-order valence-corrected chi connectivity index (χ0v) is 11.5. The number of alkyl halides is 3. The summed E-state index contributed by atoms with van der Waals surface area (Å²) in [6.07, 6.45) is 0.412. The van der Waals surface area contributed by atoms with E-state index in [4.69, 9.17) is 0 Å². The highest BCUT2D eigenvalue weighted by molar-refractivity contribution is 5.96. The number of hydrogen-bond acceptors (Lipinski definition) is 1. The second-order valence-electron chi connectivity index (χ2n) is 5.25. The molecule has 114 valence electrons. The summed E-state index contributed by atoms with van der Waals surface area (Å²) < 4.78 is 37.7. The van der Waals surface area contributed by atoms with Crippen LogP contribution < -0.4 is 0 Å². The molecule has 2 rings (SSSR count). The molecule has 0 amide bonds. The van der Waals surface area contributed by atoms with Crippen molar-refractivity contribution in [1.82, 2.24) is 0 Å². The van der Waals surface area contributed by atoms with Crippen LogP contribution in [-0.2, 0) is 11.0 Å². The van der Waals surface area contributed by atoms with Crippen LogP contribution in [0.5, 0.6) is 0 Å². The second kappa shape index (κ2) is 6.33. The number of carbonyl (C=O) groups is 1. The second-order valence-corrected chi connectivity index (χ2v) is 5.25. The highest BCUT2D eigenvalue weighted by Gasteiger charge is 2.30. The average Bonchev–Trinajstić information content (AvgIpc) is 2.37. The van der Waals surface area contributed by atoms with Gasteiger partial charge in [0.25, 0.3) is 0 Å². The van der Waals surface area contributed by atoms with Gasteiger partial charge in [-0.25, -0.2) is 4.79 Å². The number of allylic oxidation sites excluding steroid dienone is 1. The predicted octanol–water partition coefficient (Wildman–Crippen LogP) is 4.90. The molecule has 0 saturated carbocycles. The SMILES string of the molecule is O=C(O)C1=C(c2ccc(C(F)(F)F)cc2)CCCCCC1. The Kier molecular flexibility index (Phi) is 4.70. The van der Waals surface area contributed by atoms with Crippen molar-refractivity contribution in [3.63, 3.8) is 0 Å². The lowest BCUT2D eigenvalue weighted by molar-refractivity contribution is -0.137. The van der Waals surface area contributed by atoms with Crippen molar-refractivity contribution >= 4 is 11.5 Å². The van der Waals surface area contributed by atoms with Crippen LogP contribution >= 0.6 is 0 Å². The van der Waals surface area contributed by atoms with Gasteiger partial charge in [0.2, 0.25) is 0 Å². The minimum atomic E-state index is -4.37. The first-order valence-corrected chi connectivity index (χ1v) is 7.02. The fourth-order valence-corrected chi connectivity index (χ4v) is 2.67. The molecule has 0 unspecified atom stereocenters. The molecule has 1 aromatic rings. The zero-order chi connectivity index (χ0) is 15.5. The van der Waals surface area contributed by atoms with Crippen LogP contribution in [0.1, 0.15) is 49.7 Å². The first-order valence-electron chi connectivity index (χ1n) is 7.02. The highest BCUT2D eigenvalue weighted by atomic mass is 19.4. The van der Waals surface area contributed by atoms with Crippen LogP contribution in [0.15, 0.2) is 29.8 Å². The molecule has 2 nitrogen and oxygen atoms in total. The Morgan fingerprint density at radius 2 is 1.52 bits per heavy atom. The van der Waals surface area contributed by atoms with E-state index in [0.29, 0.717) is 29.6 Å². The van der Waals surface area contributed by atoms with Gasteiger partial charge < -0.3 is 5.11 Å². The van der Waals surface area contributed by atoms with Crippen LogP contribution in [0, 0.1) is 0 Å².